The normalized spacial score (nSPS) is 11.3. The topological polar surface area (TPSA) is 27.7 Å². The zero-order chi connectivity index (χ0) is 35.3. The summed E-state index contributed by atoms with van der Waals surface area (Å²) in [7, 11) is -1.68. The number of benzene rings is 3. The maximum Gasteiger partial charge on any atom is 0.530 e. The molecule has 0 aliphatic heterocycles. The van der Waals surface area contributed by atoms with Crippen molar-refractivity contribution >= 4 is 8.60 Å². The third-order valence-corrected chi connectivity index (χ3v) is 10.8. The lowest BCUT2D eigenvalue weighted by Gasteiger charge is -2.18. The molecule has 3 aromatic rings. The molecule has 4 heteroatoms. The van der Waals surface area contributed by atoms with E-state index >= 15 is 0 Å². The van der Waals surface area contributed by atoms with Crippen LogP contribution in [-0.4, -0.2) is 0 Å². The van der Waals surface area contributed by atoms with Crippen molar-refractivity contribution in [2.75, 3.05) is 0 Å². The van der Waals surface area contributed by atoms with Crippen molar-refractivity contribution in [2.24, 2.45) is 0 Å². The SMILES string of the molecule is CCCCCCCCCCCCc1ccc(OP(Oc2ccc(CCCCCCCC)cc2)Oc2ccc(CCCCCCCC)cc2)cc1. The third kappa shape index (κ3) is 19.8. The maximum atomic E-state index is 6.39. The fraction of sp³-hybridized carbons (Fsp3) is 0.609. The van der Waals surface area contributed by atoms with Crippen molar-refractivity contribution < 1.29 is 13.6 Å². The molecule has 0 heterocycles. The molecule has 278 valence electrons. The van der Waals surface area contributed by atoms with Gasteiger partial charge in [-0.1, -0.05) is 179 Å². The van der Waals surface area contributed by atoms with E-state index in [1.165, 1.54) is 158 Å². The Labute approximate surface area is 309 Å². The predicted octanol–water partition coefficient (Wildman–Crippen LogP) is 15.7. The lowest BCUT2D eigenvalue weighted by atomic mass is 10.0. The first-order valence-electron chi connectivity index (χ1n) is 20.8. The maximum absolute atomic E-state index is 6.39. The van der Waals surface area contributed by atoms with E-state index in [2.05, 4.69) is 93.6 Å². The van der Waals surface area contributed by atoms with Gasteiger partial charge in [-0.3, -0.25) is 0 Å². The van der Waals surface area contributed by atoms with Crippen LogP contribution < -0.4 is 13.6 Å². The highest BCUT2D eigenvalue weighted by atomic mass is 31.2. The van der Waals surface area contributed by atoms with Crippen LogP contribution in [0.3, 0.4) is 0 Å². The van der Waals surface area contributed by atoms with Crippen LogP contribution >= 0.6 is 8.60 Å². The van der Waals surface area contributed by atoms with Gasteiger partial charge in [-0.25, -0.2) is 0 Å². The lowest BCUT2D eigenvalue weighted by molar-refractivity contribution is 0.388. The summed E-state index contributed by atoms with van der Waals surface area (Å²) in [6.45, 7) is 6.83. The van der Waals surface area contributed by atoms with Gasteiger partial charge in [0.05, 0.1) is 0 Å². The molecule has 0 aliphatic carbocycles. The Morgan fingerprint density at radius 1 is 0.300 bits per heavy atom. The monoisotopic (exact) mass is 703 g/mol. The third-order valence-electron chi connectivity index (χ3n) is 9.77. The molecule has 3 nitrogen and oxygen atoms in total. The van der Waals surface area contributed by atoms with E-state index in [4.69, 9.17) is 13.6 Å². The molecule has 0 saturated carbocycles. The van der Waals surface area contributed by atoms with Crippen molar-refractivity contribution in [3.8, 4) is 17.2 Å². The molecule has 0 saturated heterocycles. The Balaban J connectivity index is 1.50. The van der Waals surface area contributed by atoms with Crippen LogP contribution in [0.4, 0.5) is 0 Å². The molecule has 3 aromatic carbocycles. The van der Waals surface area contributed by atoms with E-state index in [0.29, 0.717) is 0 Å². The van der Waals surface area contributed by atoms with E-state index in [1.807, 2.05) is 0 Å². The summed E-state index contributed by atoms with van der Waals surface area (Å²) in [6, 6.07) is 25.5. The summed E-state index contributed by atoms with van der Waals surface area (Å²) in [4.78, 5) is 0. The van der Waals surface area contributed by atoms with Gasteiger partial charge in [-0.2, -0.15) is 0 Å². The highest BCUT2D eigenvalue weighted by molar-refractivity contribution is 7.43. The fourth-order valence-electron chi connectivity index (χ4n) is 6.50. The van der Waals surface area contributed by atoms with Gasteiger partial charge in [0.1, 0.15) is 17.2 Å². The zero-order valence-electron chi connectivity index (χ0n) is 32.3. The molecule has 0 fully saturated rings. The fourth-order valence-corrected chi connectivity index (χ4v) is 7.49. The minimum absolute atomic E-state index is 0.778. The molecule has 0 amide bonds. The van der Waals surface area contributed by atoms with Crippen molar-refractivity contribution in [1.82, 2.24) is 0 Å². The smallest absolute Gasteiger partial charge is 0.409 e. The van der Waals surface area contributed by atoms with Gasteiger partial charge < -0.3 is 13.6 Å². The average molecular weight is 703 g/mol. The highest BCUT2D eigenvalue weighted by Gasteiger charge is 2.20. The summed E-state index contributed by atoms with van der Waals surface area (Å²) >= 11 is 0. The van der Waals surface area contributed by atoms with E-state index in [9.17, 15) is 0 Å². The van der Waals surface area contributed by atoms with Gasteiger partial charge in [0.25, 0.3) is 0 Å². The number of aryl methyl sites for hydroxylation is 3. The molecular weight excluding hydrogens is 631 g/mol. The molecule has 0 atom stereocenters. The van der Waals surface area contributed by atoms with Crippen molar-refractivity contribution in [1.29, 1.82) is 0 Å². The van der Waals surface area contributed by atoms with Crippen LogP contribution in [0.5, 0.6) is 17.2 Å². The van der Waals surface area contributed by atoms with E-state index in [0.717, 1.165) is 36.5 Å². The Morgan fingerprint density at radius 2 is 0.520 bits per heavy atom. The van der Waals surface area contributed by atoms with Crippen LogP contribution in [0.15, 0.2) is 72.8 Å². The Morgan fingerprint density at radius 3 is 0.760 bits per heavy atom. The summed E-state index contributed by atoms with van der Waals surface area (Å²) in [5, 5.41) is 0. The van der Waals surface area contributed by atoms with Gasteiger partial charge in [0, 0.05) is 0 Å². The second-order valence-electron chi connectivity index (χ2n) is 14.4. The predicted molar refractivity (Wildman–Crippen MR) is 218 cm³/mol. The molecule has 0 unspecified atom stereocenters. The van der Waals surface area contributed by atoms with Crippen LogP contribution in [0.1, 0.15) is 179 Å². The van der Waals surface area contributed by atoms with Gasteiger partial charge >= 0.3 is 8.60 Å². The molecule has 0 spiro atoms. The summed E-state index contributed by atoms with van der Waals surface area (Å²) in [6.07, 6.45) is 32.8. The zero-order valence-corrected chi connectivity index (χ0v) is 33.2. The number of hydrogen-bond acceptors (Lipinski definition) is 3. The van der Waals surface area contributed by atoms with Gasteiger partial charge in [0.15, 0.2) is 0 Å². The average Bonchev–Trinajstić information content (AvgIpc) is 3.14. The van der Waals surface area contributed by atoms with Crippen LogP contribution in [-0.2, 0) is 19.3 Å². The van der Waals surface area contributed by atoms with Crippen LogP contribution in [0.2, 0.25) is 0 Å². The van der Waals surface area contributed by atoms with Gasteiger partial charge in [-0.15, -0.1) is 0 Å². The largest absolute Gasteiger partial charge is 0.530 e. The number of unbranched alkanes of at least 4 members (excludes halogenated alkanes) is 19. The summed E-state index contributed by atoms with van der Waals surface area (Å²) in [5.74, 6) is 2.34. The van der Waals surface area contributed by atoms with Crippen molar-refractivity contribution in [2.45, 2.75) is 181 Å². The highest BCUT2D eigenvalue weighted by Crippen LogP contribution is 2.42. The number of rotatable bonds is 31. The lowest BCUT2D eigenvalue weighted by Crippen LogP contribution is -2.03. The van der Waals surface area contributed by atoms with Crippen molar-refractivity contribution in [3.05, 3.63) is 89.5 Å². The first kappa shape index (κ1) is 41.9. The van der Waals surface area contributed by atoms with Crippen LogP contribution in [0, 0.1) is 0 Å². The van der Waals surface area contributed by atoms with Gasteiger partial charge in [0.2, 0.25) is 0 Å². The molecule has 50 heavy (non-hydrogen) atoms. The van der Waals surface area contributed by atoms with Crippen LogP contribution in [0.25, 0.3) is 0 Å². The Hall–Kier alpha value is -2.51. The molecular formula is C46H71O3P. The minimum Gasteiger partial charge on any atom is -0.409 e. The molecule has 3 rings (SSSR count). The second-order valence-corrected chi connectivity index (χ2v) is 15.4. The molecule has 0 aromatic heterocycles. The summed E-state index contributed by atoms with van der Waals surface area (Å²) < 4.78 is 19.1. The Kier molecular flexibility index (Phi) is 23.6. The Bertz CT molecular complexity index is 1130. The second kappa shape index (κ2) is 28.1. The number of hydrogen-bond donors (Lipinski definition) is 0. The van der Waals surface area contributed by atoms with Crippen molar-refractivity contribution in [3.63, 3.8) is 0 Å². The summed E-state index contributed by atoms with van der Waals surface area (Å²) in [5.41, 5.74) is 4.08. The first-order chi connectivity index (χ1) is 24.7. The van der Waals surface area contributed by atoms with Gasteiger partial charge in [-0.05, 0) is 91.6 Å². The first-order valence-corrected chi connectivity index (χ1v) is 21.9. The quantitative estimate of drug-likeness (QED) is 0.0493. The minimum atomic E-state index is -1.68. The van der Waals surface area contributed by atoms with E-state index in [-0.39, 0.29) is 0 Å². The van der Waals surface area contributed by atoms with E-state index < -0.39 is 8.60 Å². The molecule has 0 aliphatic rings. The molecule has 0 bridgehead atoms. The molecule has 0 radical (unpaired) electrons. The standard InChI is InChI=1S/C46H71O3P/c1-4-7-10-13-16-17-18-19-22-25-28-43-33-39-46(40-34-43)49-50(47-44-35-29-41(30-36-44)26-23-20-14-11-8-5-2)48-45-37-31-42(32-38-45)27-24-21-15-12-9-6-3/h29-40H,4-28H2,1-3H3. The molecule has 0 N–H and O–H groups in total. The van der Waals surface area contributed by atoms with E-state index in [1.54, 1.807) is 0 Å².